The second-order valence-corrected chi connectivity index (χ2v) is 4.43. The average molecular weight is 226 g/mol. The molecule has 3 aromatic rings. The van der Waals surface area contributed by atoms with Gasteiger partial charge in [0, 0.05) is 17.8 Å². The van der Waals surface area contributed by atoms with Crippen LogP contribution in [0.1, 0.15) is 17.0 Å². The molecule has 3 heteroatoms. The second kappa shape index (κ2) is 3.77. The Labute approximate surface area is 99.6 Å². The SMILES string of the molecule is Cc1ccc2ccn(Cc3cc(C)on3)c2c1. The van der Waals surface area contributed by atoms with Crippen LogP contribution in [0.15, 0.2) is 41.1 Å². The Morgan fingerprint density at radius 1 is 1.18 bits per heavy atom. The maximum Gasteiger partial charge on any atom is 0.133 e. The lowest BCUT2D eigenvalue weighted by Gasteiger charge is -2.02. The van der Waals surface area contributed by atoms with Gasteiger partial charge in [-0.15, -0.1) is 0 Å². The quantitative estimate of drug-likeness (QED) is 0.671. The van der Waals surface area contributed by atoms with Gasteiger partial charge in [-0.05, 0) is 36.9 Å². The molecule has 0 spiro atoms. The van der Waals surface area contributed by atoms with Gasteiger partial charge in [-0.2, -0.15) is 0 Å². The maximum absolute atomic E-state index is 5.09. The molecule has 1 aromatic carbocycles. The Kier molecular flexibility index (Phi) is 2.25. The van der Waals surface area contributed by atoms with E-state index in [1.54, 1.807) is 0 Å². The summed E-state index contributed by atoms with van der Waals surface area (Å²) >= 11 is 0. The van der Waals surface area contributed by atoms with Crippen LogP contribution in [0.25, 0.3) is 10.9 Å². The molecule has 3 rings (SSSR count). The van der Waals surface area contributed by atoms with Crippen LogP contribution in [0.3, 0.4) is 0 Å². The third-order valence-electron chi connectivity index (χ3n) is 2.94. The summed E-state index contributed by atoms with van der Waals surface area (Å²) in [6.07, 6.45) is 2.09. The van der Waals surface area contributed by atoms with Crippen LogP contribution in [0.2, 0.25) is 0 Å². The second-order valence-electron chi connectivity index (χ2n) is 4.43. The molecule has 2 heterocycles. The van der Waals surface area contributed by atoms with Gasteiger partial charge in [-0.1, -0.05) is 17.3 Å². The zero-order valence-corrected chi connectivity index (χ0v) is 9.97. The number of hydrogen-bond donors (Lipinski definition) is 0. The van der Waals surface area contributed by atoms with E-state index < -0.39 is 0 Å². The Balaban J connectivity index is 2.03. The molecule has 17 heavy (non-hydrogen) atoms. The molecule has 0 bridgehead atoms. The lowest BCUT2D eigenvalue weighted by molar-refractivity contribution is 0.389. The van der Waals surface area contributed by atoms with Gasteiger partial charge >= 0.3 is 0 Å². The standard InChI is InChI=1S/C14H14N2O/c1-10-3-4-12-5-6-16(14(12)7-10)9-13-8-11(2)17-15-13/h3-8H,9H2,1-2H3. The van der Waals surface area contributed by atoms with Crippen LogP contribution in [0.5, 0.6) is 0 Å². The number of aryl methyl sites for hydroxylation is 2. The van der Waals surface area contributed by atoms with Crippen molar-refractivity contribution in [1.82, 2.24) is 9.72 Å². The first-order chi connectivity index (χ1) is 8.22. The van der Waals surface area contributed by atoms with E-state index in [1.807, 2.05) is 13.0 Å². The predicted molar refractivity (Wildman–Crippen MR) is 67.0 cm³/mol. The molecule has 2 aromatic heterocycles. The monoisotopic (exact) mass is 226 g/mol. The highest BCUT2D eigenvalue weighted by atomic mass is 16.5. The number of fused-ring (bicyclic) bond motifs is 1. The first kappa shape index (κ1) is 10.1. The number of nitrogens with zero attached hydrogens (tertiary/aromatic N) is 2. The molecule has 0 fully saturated rings. The molecule has 0 atom stereocenters. The lowest BCUT2D eigenvalue weighted by atomic mass is 10.2. The summed E-state index contributed by atoms with van der Waals surface area (Å²) in [5.41, 5.74) is 3.47. The first-order valence-electron chi connectivity index (χ1n) is 5.70. The Morgan fingerprint density at radius 2 is 2.06 bits per heavy atom. The molecule has 0 saturated carbocycles. The highest BCUT2D eigenvalue weighted by Crippen LogP contribution is 2.18. The summed E-state index contributed by atoms with van der Waals surface area (Å²) in [7, 11) is 0. The van der Waals surface area contributed by atoms with Crippen molar-refractivity contribution in [3.05, 3.63) is 53.5 Å². The van der Waals surface area contributed by atoms with E-state index in [0.29, 0.717) is 0 Å². The smallest absolute Gasteiger partial charge is 0.133 e. The summed E-state index contributed by atoms with van der Waals surface area (Å²) in [5.74, 6) is 0.854. The van der Waals surface area contributed by atoms with Gasteiger partial charge in [0.15, 0.2) is 0 Å². The first-order valence-corrected chi connectivity index (χ1v) is 5.70. The van der Waals surface area contributed by atoms with Crippen molar-refractivity contribution in [2.75, 3.05) is 0 Å². The molecule has 0 N–H and O–H groups in total. The largest absolute Gasteiger partial charge is 0.361 e. The molecule has 0 amide bonds. The van der Waals surface area contributed by atoms with E-state index in [0.717, 1.165) is 18.0 Å². The summed E-state index contributed by atoms with van der Waals surface area (Å²) in [5, 5.41) is 5.28. The molecule has 0 aliphatic heterocycles. The molecular weight excluding hydrogens is 212 g/mol. The Hall–Kier alpha value is -2.03. The zero-order chi connectivity index (χ0) is 11.8. The molecule has 0 aliphatic rings. The molecule has 0 saturated heterocycles. The van der Waals surface area contributed by atoms with Crippen molar-refractivity contribution in [2.45, 2.75) is 20.4 Å². The van der Waals surface area contributed by atoms with Gasteiger partial charge in [0.2, 0.25) is 0 Å². The lowest BCUT2D eigenvalue weighted by Crippen LogP contribution is -1.97. The van der Waals surface area contributed by atoms with Gasteiger partial charge in [0.05, 0.1) is 6.54 Å². The normalized spacial score (nSPS) is 11.2. The van der Waals surface area contributed by atoms with Crippen LogP contribution >= 0.6 is 0 Å². The fourth-order valence-corrected chi connectivity index (χ4v) is 2.10. The minimum absolute atomic E-state index is 0.754. The Morgan fingerprint density at radius 3 is 2.82 bits per heavy atom. The summed E-state index contributed by atoms with van der Waals surface area (Å²) in [6, 6.07) is 10.6. The van der Waals surface area contributed by atoms with Crippen LogP contribution in [-0.4, -0.2) is 9.72 Å². The minimum Gasteiger partial charge on any atom is -0.361 e. The van der Waals surface area contributed by atoms with E-state index >= 15 is 0 Å². The molecule has 3 nitrogen and oxygen atoms in total. The zero-order valence-electron chi connectivity index (χ0n) is 9.97. The van der Waals surface area contributed by atoms with Crippen molar-refractivity contribution < 1.29 is 4.52 Å². The van der Waals surface area contributed by atoms with Gasteiger partial charge in [-0.3, -0.25) is 0 Å². The number of aromatic nitrogens is 2. The molecule has 86 valence electrons. The Bertz CT molecular complexity index is 664. The van der Waals surface area contributed by atoms with Gasteiger partial charge < -0.3 is 9.09 Å². The van der Waals surface area contributed by atoms with E-state index in [9.17, 15) is 0 Å². The van der Waals surface area contributed by atoms with E-state index in [2.05, 4.69) is 47.1 Å². The topological polar surface area (TPSA) is 31.0 Å². The van der Waals surface area contributed by atoms with Crippen molar-refractivity contribution in [3.63, 3.8) is 0 Å². The van der Waals surface area contributed by atoms with E-state index in [-0.39, 0.29) is 0 Å². The van der Waals surface area contributed by atoms with Crippen LogP contribution in [0, 0.1) is 13.8 Å². The fraction of sp³-hybridized carbons (Fsp3) is 0.214. The van der Waals surface area contributed by atoms with Gasteiger partial charge in [0.25, 0.3) is 0 Å². The van der Waals surface area contributed by atoms with Crippen molar-refractivity contribution in [2.24, 2.45) is 0 Å². The highest BCUT2D eigenvalue weighted by Gasteiger charge is 2.05. The molecule has 0 unspecified atom stereocenters. The highest BCUT2D eigenvalue weighted by molar-refractivity contribution is 5.80. The van der Waals surface area contributed by atoms with Crippen molar-refractivity contribution in [1.29, 1.82) is 0 Å². The number of hydrogen-bond acceptors (Lipinski definition) is 2. The van der Waals surface area contributed by atoms with Crippen molar-refractivity contribution in [3.8, 4) is 0 Å². The summed E-state index contributed by atoms with van der Waals surface area (Å²) in [6.45, 7) is 4.77. The molecule has 0 aliphatic carbocycles. The summed E-state index contributed by atoms with van der Waals surface area (Å²) < 4.78 is 7.28. The molecular formula is C14H14N2O. The van der Waals surface area contributed by atoms with Crippen LogP contribution < -0.4 is 0 Å². The minimum atomic E-state index is 0.754. The number of rotatable bonds is 2. The average Bonchev–Trinajstić information content (AvgIpc) is 2.87. The molecule has 0 radical (unpaired) electrons. The van der Waals surface area contributed by atoms with Crippen LogP contribution in [-0.2, 0) is 6.54 Å². The fourth-order valence-electron chi connectivity index (χ4n) is 2.10. The number of benzene rings is 1. The van der Waals surface area contributed by atoms with Crippen LogP contribution in [0.4, 0.5) is 0 Å². The van der Waals surface area contributed by atoms with Gasteiger partial charge in [0.1, 0.15) is 11.5 Å². The third kappa shape index (κ3) is 1.84. The van der Waals surface area contributed by atoms with Gasteiger partial charge in [-0.25, -0.2) is 0 Å². The summed E-state index contributed by atoms with van der Waals surface area (Å²) in [4.78, 5) is 0. The van der Waals surface area contributed by atoms with E-state index in [1.165, 1.54) is 16.5 Å². The maximum atomic E-state index is 5.09. The van der Waals surface area contributed by atoms with Crippen molar-refractivity contribution >= 4 is 10.9 Å². The predicted octanol–water partition coefficient (Wildman–Crippen LogP) is 3.29. The third-order valence-corrected chi connectivity index (χ3v) is 2.94. The van der Waals surface area contributed by atoms with E-state index in [4.69, 9.17) is 4.52 Å².